The quantitative estimate of drug-likeness (QED) is 0.767. The molecule has 0 aliphatic carbocycles. The zero-order chi connectivity index (χ0) is 14.7. The van der Waals surface area contributed by atoms with Crippen LogP contribution in [0.1, 0.15) is 23.2 Å². The van der Waals surface area contributed by atoms with Gasteiger partial charge in [0.15, 0.2) is 0 Å². The van der Waals surface area contributed by atoms with Crippen molar-refractivity contribution in [1.82, 2.24) is 20.0 Å². The summed E-state index contributed by atoms with van der Waals surface area (Å²) in [5, 5.41) is 12.1. The number of ether oxygens (including phenoxy) is 1. The summed E-state index contributed by atoms with van der Waals surface area (Å²) in [6.07, 6.45) is 0.553. The van der Waals surface area contributed by atoms with Crippen LogP contribution in [0.2, 0.25) is 0 Å². The van der Waals surface area contributed by atoms with Crippen LogP contribution in [0.5, 0.6) is 0 Å². The Labute approximate surface area is 124 Å². The predicted molar refractivity (Wildman–Crippen MR) is 73.1 cm³/mol. The predicted octanol–water partition coefficient (Wildman–Crippen LogP) is 1.60. The van der Waals surface area contributed by atoms with Crippen molar-refractivity contribution in [2.24, 2.45) is 0 Å². The number of hydrogen-bond acceptors (Lipinski definition) is 6. The van der Waals surface area contributed by atoms with E-state index in [1.807, 2.05) is 18.5 Å². The zero-order valence-electron chi connectivity index (χ0n) is 11.5. The molecule has 2 aromatic rings. The number of methoxy groups -OCH3 is 1. The molecular weight excluding hydrogens is 328 g/mol. The molecule has 108 valence electrons. The van der Waals surface area contributed by atoms with E-state index in [-0.39, 0.29) is 12.3 Å². The Morgan fingerprint density at radius 1 is 1.35 bits per heavy atom. The lowest BCUT2D eigenvalue weighted by molar-refractivity contribution is -0.140. The van der Waals surface area contributed by atoms with E-state index in [0.29, 0.717) is 18.9 Å². The second-order valence-corrected chi connectivity index (χ2v) is 5.09. The number of nitrogens with zero attached hydrogens (tertiary/aromatic N) is 4. The highest BCUT2D eigenvalue weighted by Crippen LogP contribution is 2.19. The lowest BCUT2D eigenvalue weighted by atomic mass is 10.4. The van der Waals surface area contributed by atoms with Crippen LogP contribution >= 0.6 is 15.9 Å². The second kappa shape index (κ2) is 6.17. The molecule has 2 rings (SSSR count). The minimum absolute atomic E-state index is 0.00501. The molecule has 0 spiro atoms. The van der Waals surface area contributed by atoms with Crippen molar-refractivity contribution >= 4 is 21.9 Å². The van der Waals surface area contributed by atoms with Gasteiger partial charge < -0.3 is 9.15 Å². The van der Waals surface area contributed by atoms with Crippen molar-refractivity contribution in [3.63, 3.8) is 0 Å². The smallest absolute Gasteiger partial charge is 0.315 e. The molecule has 2 aromatic heterocycles. The Morgan fingerprint density at radius 2 is 2.05 bits per heavy atom. The number of hydrogen-bond donors (Lipinski definition) is 0. The molecule has 7 nitrogen and oxygen atoms in total. The van der Waals surface area contributed by atoms with E-state index < -0.39 is 5.97 Å². The molecule has 0 aliphatic heterocycles. The first kappa shape index (κ1) is 14.7. The molecule has 20 heavy (non-hydrogen) atoms. The number of esters is 1. The van der Waals surface area contributed by atoms with Crippen molar-refractivity contribution < 1.29 is 13.9 Å². The van der Waals surface area contributed by atoms with Crippen LogP contribution < -0.4 is 0 Å². The molecule has 0 atom stereocenters. The molecule has 0 saturated carbocycles. The topological polar surface area (TPSA) is 83.0 Å². The van der Waals surface area contributed by atoms with Gasteiger partial charge in [0.25, 0.3) is 0 Å². The standard InChI is InChI=1S/C12H15BrN4O3/c1-7-12(13)8(2)17(16-7)5-4-9-14-15-10(20-9)6-11(18)19-3/h4-6H2,1-3H3. The highest BCUT2D eigenvalue weighted by Gasteiger charge is 2.13. The van der Waals surface area contributed by atoms with Crippen molar-refractivity contribution in [3.05, 3.63) is 27.6 Å². The molecule has 0 radical (unpaired) electrons. The maximum absolute atomic E-state index is 11.1. The Kier molecular flexibility index (Phi) is 4.53. The van der Waals surface area contributed by atoms with Crippen molar-refractivity contribution in [3.8, 4) is 0 Å². The number of aryl methyl sites for hydroxylation is 3. The molecule has 0 aromatic carbocycles. The van der Waals surface area contributed by atoms with Gasteiger partial charge in [-0.1, -0.05) is 0 Å². The summed E-state index contributed by atoms with van der Waals surface area (Å²) in [7, 11) is 1.32. The summed E-state index contributed by atoms with van der Waals surface area (Å²) in [6, 6.07) is 0. The van der Waals surface area contributed by atoms with Gasteiger partial charge in [0.1, 0.15) is 6.42 Å². The highest BCUT2D eigenvalue weighted by atomic mass is 79.9. The molecule has 0 amide bonds. The summed E-state index contributed by atoms with van der Waals surface area (Å²) < 4.78 is 12.8. The zero-order valence-corrected chi connectivity index (χ0v) is 13.1. The third-order valence-corrected chi connectivity index (χ3v) is 4.01. The SMILES string of the molecule is COC(=O)Cc1nnc(CCn2nc(C)c(Br)c2C)o1. The molecule has 8 heteroatoms. The minimum atomic E-state index is -0.400. The summed E-state index contributed by atoms with van der Waals surface area (Å²) in [4.78, 5) is 11.1. The minimum Gasteiger partial charge on any atom is -0.469 e. The molecule has 0 bridgehead atoms. The van der Waals surface area contributed by atoms with Crippen molar-refractivity contribution in [1.29, 1.82) is 0 Å². The maximum Gasteiger partial charge on any atom is 0.315 e. The van der Waals surface area contributed by atoms with Gasteiger partial charge in [-0.3, -0.25) is 9.48 Å². The molecule has 0 unspecified atom stereocenters. The van der Waals surface area contributed by atoms with E-state index in [4.69, 9.17) is 4.42 Å². The Morgan fingerprint density at radius 3 is 2.65 bits per heavy atom. The number of halogens is 1. The number of carbonyl (C=O) groups is 1. The fourth-order valence-electron chi connectivity index (χ4n) is 1.75. The summed E-state index contributed by atoms with van der Waals surface area (Å²) in [6.45, 7) is 4.56. The van der Waals surface area contributed by atoms with Gasteiger partial charge in [-0.25, -0.2) is 0 Å². The van der Waals surface area contributed by atoms with Crippen LogP contribution in [0, 0.1) is 13.8 Å². The number of aromatic nitrogens is 4. The van der Waals surface area contributed by atoms with Crippen LogP contribution in [-0.4, -0.2) is 33.1 Å². The van der Waals surface area contributed by atoms with Crippen LogP contribution in [0.4, 0.5) is 0 Å². The molecular formula is C12H15BrN4O3. The molecule has 0 saturated heterocycles. The largest absolute Gasteiger partial charge is 0.469 e. The van der Waals surface area contributed by atoms with E-state index in [0.717, 1.165) is 15.9 Å². The van der Waals surface area contributed by atoms with E-state index in [1.165, 1.54) is 7.11 Å². The number of rotatable bonds is 5. The van der Waals surface area contributed by atoms with Gasteiger partial charge in [-0.2, -0.15) is 5.10 Å². The molecule has 2 heterocycles. The van der Waals surface area contributed by atoms with Gasteiger partial charge in [0, 0.05) is 18.7 Å². The van der Waals surface area contributed by atoms with Crippen LogP contribution in [0.3, 0.4) is 0 Å². The van der Waals surface area contributed by atoms with Crippen molar-refractivity contribution in [2.45, 2.75) is 33.2 Å². The summed E-state index contributed by atoms with van der Waals surface area (Å²) in [5.41, 5.74) is 2.00. The second-order valence-electron chi connectivity index (χ2n) is 4.30. The monoisotopic (exact) mass is 342 g/mol. The van der Waals surface area contributed by atoms with Gasteiger partial charge in [0.05, 0.1) is 17.3 Å². The average Bonchev–Trinajstić information content (AvgIpc) is 2.97. The van der Waals surface area contributed by atoms with E-state index >= 15 is 0 Å². The van der Waals surface area contributed by atoms with E-state index in [1.54, 1.807) is 0 Å². The molecule has 0 aliphatic rings. The van der Waals surface area contributed by atoms with Gasteiger partial charge in [-0.05, 0) is 29.8 Å². The first-order chi connectivity index (χ1) is 9.51. The lowest BCUT2D eigenvalue weighted by Crippen LogP contribution is -2.05. The molecule has 0 fully saturated rings. The maximum atomic E-state index is 11.1. The lowest BCUT2D eigenvalue weighted by Gasteiger charge is -2.01. The van der Waals surface area contributed by atoms with Crippen LogP contribution in [0.15, 0.2) is 8.89 Å². The van der Waals surface area contributed by atoms with Crippen molar-refractivity contribution in [2.75, 3.05) is 7.11 Å². The third-order valence-electron chi connectivity index (χ3n) is 2.86. The Bertz CT molecular complexity index is 620. The average molecular weight is 343 g/mol. The Balaban J connectivity index is 1.97. The fourth-order valence-corrected chi connectivity index (χ4v) is 2.03. The van der Waals surface area contributed by atoms with E-state index in [9.17, 15) is 4.79 Å². The van der Waals surface area contributed by atoms with Gasteiger partial charge in [-0.15, -0.1) is 10.2 Å². The fraction of sp³-hybridized carbons (Fsp3) is 0.500. The Hall–Kier alpha value is -1.70. The first-order valence-electron chi connectivity index (χ1n) is 6.09. The highest BCUT2D eigenvalue weighted by molar-refractivity contribution is 9.10. The third kappa shape index (κ3) is 3.24. The van der Waals surface area contributed by atoms with Crippen LogP contribution in [0.25, 0.3) is 0 Å². The van der Waals surface area contributed by atoms with Crippen LogP contribution in [-0.2, 0) is 28.9 Å². The van der Waals surface area contributed by atoms with Gasteiger partial charge in [0.2, 0.25) is 11.8 Å². The van der Waals surface area contributed by atoms with Gasteiger partial charge >= 0.3 is 5.97 Å². The normalized spacial score (nSPS) is 10.8. The number of carbonyl (C=O) groups excluding carboxylic acids is 1. The van der Waals surface area contributed by atoms with E-state index in [2.05, 4.69) is 36.0 Å². The summed E-state index contributed by atoms with van der Waals surface area (Å²) >= 11 is 3.48. The summed E-state index contributed by atoms with van der Waals surface area (Å²) in [5.74, 6) is 0.344. The molecule has 0 N–H and O–H groups in total. The first-order valence-corrected chi connectivity index (χ1v) is 6.88.